The normalized spacial score (nSPS) is 19.3. The largest absolute Gasteiger partial charge is 0.351 e. The summed E-state index contributed by atoms with van der Waals surface area (Å²) < 4.78 is 13.8. The molecule has 0 spiro atoms. The van der Waals surface area contributed by atoms with E-state index in [1.165, 1.54) is 13.0 Å². The Morgan fingerprint density at radius 1 is 1.39 bits per heavy atom. The molecule has 1 aromatic carbocycles. The van der Waals surface area contributed by atoms with E-state index in [9.17, 15) is 9.18 Å². The minimum Gasteiger partial charge on any atom is -0.351 e. The molecule has 1 aliphatic heterocycles. The maximum absolute atomic E-state index is 13.8. The van der Waals surface area contributed by atoms with E-state index in [0.717, 1.165) is 0 Å². The van der Waals surface area contributed by atoms with Crippen molar-refractivity contribution in [1.82, 2.24) is 10.6 Å². The zero-order chi connectivity index (χ0) is 13.3. The molecular formula is C13H13FN2OS. The molecule has 1 aliphatic rings. The van der Waals surface area contributed by atoms with Gasteiger partial charge in [-0.25, -0.2) is 4.39 Å². The van der Waals surface area contributed by atoms with Crippen LogP contribution >= 0.6 is 12.2 Å². The fraction of sp³-hybridized carbons (Fsp3) is 0.231. The van der Waals surface area contributed by atoms with Crippen LogP contribution in [0.5, 0.6) is 0 Å². The molecule has 0 aromatic heterocycles. The number of halogens is 1. The van der Waals surface area contributed by atoms with Crippen molar-refractivity contribution in [1.29, 1.82) is 0 Å². The summed E-state index contributed by atoms with van der Waals surface area (Å²) in [4.78, 5) is 11.7. The quantitative estimate of drug-likeness (QED) is 0.804. The molecule has 3 nitrogen and oxygen atoms in total. The number of thiocarbonyl (C=S) groups is 1. The van der Waals surface area contributed by atoms with Crippen LogP contribution in [0.25, 0.3) is 0 Å². The number of benzene rings is 1. The van der Waals surface area contributed by atoms with E-state index < -0.39 is 6.04 Å². The van der Waals surface area contributed by atoms with Gasteiger partial charge in [0.15, 0.2) is 10.9 Å². The summed E-state index contributed by atoms with van der Waals surface area (Å²) in [5, 5.41) is 6.22. The molecule has 1 aromatic rings. The van der Waals surface area contributed by atoms with Gasteiger partial charge in [0.25, 0.3) is 0 Å². The van der Waals surface area contributed by atoms with Crippen LogP contribution in [-0.4, -0.2) is 10.9 Å². The lowest BCUT2D eigenvalue weighted by molar-refractivity contribution is -0.114. The SMILES string of the molecule is CC(=O)C1=C(C)NC(=S)N[C@@H]1c1ccccc1F. The third kappa shape index (κ3) is 2.26. The van der Waals surface area contributed by atoms with Gasteiger partial charge < -0.3 is 10.6 Å². The zero-order valence-corrected chi connectivity index (χ0v) is 10.9. The Morgan fingerprint density at radius 3 is 2.67 bits per heavy atom. The van der Waals surface area contributed by atoms with Crippen LogP contribution in [0.2, 0.25) is 0 Å². The van der Waals surface area contributed by atoms with E-state index in [2.05, 4.69) is 10.6 Å². The molecule has 0 fully saturated rings. The van der Waals surface area contributed by atoms with Gasteiger partial charge in [0.05, 0.1) is 6.04 Å². The van der Waals surface area contributed by atoms with Crippen molar-refractivity contribution >= 4 is 23.1 Å². The number of allylic oxidation sites excluding steroid dienone is 1. The minimum atomic E-state index is -0.530. The highest BCUT2D eigenvalue weighted by atomic mass is 32.1. The molecule has 0 radical (unpaired) electrons. The number of hydrogen-bond acceptors (Lipinski definition) is 2. The van der Waals surface area contributed by atoms with Crippen molar-refractivity contribution in [2.45, 2.75) is 19.9 Å². The molecule has 0 saturated carbocycles. The van der Waals surface area contributed by atoms with Crippen molar-refractivity contribution in [3.8, 4) is 0 Å². The van der Waals surface area contributed by atoms with Crippen LogP contribution in [0, 0.1) is 5.82 Å². The second-order valence-corrected chi connectivity index (χ2v) is 4.56. The van der Waals surface area contributed by atoms with Gasteiger partial charge in [-0.05, 0) is 32.1 Å². The maximum Gasteiger partial charge on any atom is 0.171 e. The summed E-state index contributed by atoms with van der Waals surface area (Å²) in [6, 6.07) is 5.84. The second kappa shape index (κ2) is 4.86. The molecule has 94 valence electrons. The highest BCUT2D eigenvalue weighted by molar-refractivity contribution is 7.80. The van der Waals surface area contributed by atoms with Crippen LogP contribution in [0.4, 0.5) is 4.39 Å². The molecule has 18 heavy (non-hydrogen) atoms. The summed E-state index contributed by atoms with van der Waals surface area (Å²) in [5.41, 5.74) is 1.60. The molecule has 0 amide bonds. The lowest BCUT2D eigenvalue weighted by Crippen LogP contribution is -2.44. The fourth-order valence-electron chi connectivity index (χ4n) is 2.10. The van der Waals surface area contributed by atoms with Crippen molar-refractivity contribution in [3.05, 3.63) is 46.9 Å². The Hall–Kier alpha value is -1.75. The predicted molar refractivity (Wildman–Crippen MR) is 71.4 cm³/mol. The first-order valence-electron chi connectivity index (χ1n) is 5.54. The highest BCUT2D eigenvalue weighted by Crippen LogP contribution is 2.28. The third-order valence-electron chi connectivity index (χ3n) is 2.86. The average Bonchev–Trinajstić information content (AvgIpc) is 2.27. The monoisotopic (exact) mass is 264 g/mol. The van der Waals surface area contributed by atoms with E-state index in [-0.39, 0.29) is 11.6 Å². The summed E-state index contributed by atoms with van der Waals surface area (Å²) in [5.74, 6) is -0.463. The van der Waals surface area contributed by atoms with Crippen molar-refractivity contribution in [2.75, 3.05) is 0 Å². The number of hydrogen-bond donors (Lipinski definition) is 2. The first kappa shape index (κ1) is 12.7. The lowest BCUT2D eigenvalue weighted by Gasteiger charge is -2.30. The Kier molecular flexibility index (Phi) is 3.43. The Labute approximate surface area is 110 Å². The standard InChI is InChI=1S/C13H13FN2OS/c1-7-11(8(2)17)12(16-13(18)15-7)9-5-3-4-6-10(9)14/h3-6,12H,1-2H3,(H2,15,16,18)/t12-/m1/s1. The van der Waals surface area contributed by atoms with Crippen LogP contribution in [0.1, 0.15) is 25.5 Å². The van der Waals surface area contributed by atoms with Crippen LogP contribution in [0.15, 0.2) is 35.5 Å². The van der Waals surface area contributed by atoms with Crippen LogP contribution in [-0.2, 0) is 4.79 Å². The lowest BCUT2D eigenvalue weighted by atomic mass is 9.93. The number of carbonyl (C=O) groups excluding carboxylic acids is 1. The molecule has 0 bridgehead atoms. The molecule has 2 N–H and O–H groups in total. The number of nitrogens with one attached hydrogen (secondary N) is 2. The number of Topliss-reactive ketones (excluding diaryl/α,β-unsaturated/α-hetero) is 1. The molecule has 5 heteroatoms. The molecule has 0 unspecified atom stereocenters. The molecule has 2 rings (SSSR count). The molecule has 1 atom stereocenters. The average molecular weight is 264 g/mol. The fourth-order valence-corrected chi connectivity index (χ4v) is 2.37. The molecular weight excluding hydrogens is 251 g/mol. The zero-order valence-electron chi connectivity index (χ0n) is 10.1. The summed E-state index contributed by atoms with van der Waals surface area (Å²) in [6.07, 6.45) is 0. The third-order valence-corrected chi connectivity index (χ3v) is 3.08. The molecule has 1 heterocycles. The van der Waals surface area contributed by atoms with Gasteiger partial charge in [0.2, 0.25) is 0 Å². The second-order valence-electron chi connectivity index (χ2n) is 4.15. The van der Waals surface area contributed by atoms with E-state index in [4.69, 9.17) is 12.2 Å². The topological polar surface area (TPSA) is 41.1 Å². The van der Waals surface area contributed by atoms with Crippen molar-refractivity contribution in [3.63, 3.8) is 0 Å². The van der Waals surface area contributed by atoms with Gasteiger partial charge in [-0.3, -0.25) is 4.79 Å². The van der Waals surface area contributed by atoms with Crippen molar-refractivity contribution in [2.24, 2.45) is 0 Å². The van der Waals surface area contributed by atoms with Crippen molar-refractivity contribution < 1.29 is 9.18 Å². The van der Waals surface area contributed by atoms with Gasteiger partial charge >= 0.3 is 0 Å². The Morgan fingerprint density at radius 2 is 2.06 bits per heavy atom. The predicted octanol–water partition coefficient (Wildman–Crippen LogP) is 2.21. The highest BCUT2D eigenvalue weighted by Gasteiger charge is 2.29. The Bertz CT molecular complexity index is 554. The van der Waals surface area contributed by atoms with Gasteiger partial charge in [0.1, 0.15) is 5.82 Å². The summed E-state index contributed by atoms with van der Waals surface area (Å²) in [7, 11) is 0. The van der Waals surface area contributed by atoms with E-state index in [1.807, 2.05) is 0 Å². The maximum atomic E-state index is 13.8. The van der Waals surface area contributed by atoms with Gasteiger partial charge in [-0.15, -0.1) is 0 Å². The van der Waals surface area contributed by atoms with Gasteiger partial charge in [0, 0.05) is 16.8 Å². The van der Waals surface area contributed by atoms with Gasteiger partial charge in [-0.2, -0.15) is 0 Å². The first-order chi connectivity index (χ1) is 8.50. The summed E-state index contributed by atoms with van der Waals surface area (Å²) in [6.45, 7) is 3.22. The van der Waals surface area contributed by atoms with E-state index in [0.29, 0.717) is 21.9 Å². The molecule has 0 aliphatic carbocycles. The minimum absolute atomic E-state index is 0.108. The first-order valence-corrected chi connectivity index (χ1v) is 5.95. The number of ketones is 1. The van der Waals surface area contributed by atoms with E-state index in [1.54, 1.807) is 25.1 Å². The number of rotatable bonds is 2. The summed E-state index contributed by atoms with van der Waals surface area (Å²) >= 11 is 5.05. The Balaban J connectivity index is 2.54. The smallest absolute Gasteiger partial charge is 0.171 e. The van der Waals surface area contributed by atoms with Gasteiger partial charge in [-0.1, -0.05) is 18.2 Å². The van der Waals surface area contributed by atoms with E-state index >= 15 is 0 Å². The van der Waals surface area contributed by atoms with Crippen LogP contribution in [0.3, 0.4) is 0 Å². The van der Waals surface area contributed by atoms with Crippen LogP contribution < -0.4 is 10.6 Å². The molecule has 0 saturated heterocycles. The number of carbonyl (C=O) groups is 1.